The molecule has 1 aliphatic heterocycles. The minimum Gasteiger partial charge on any atom is -0.491 e. The molecule has 0 saturated heterocycles. The van der Waals surface area contributed by atoms with Crippen molar-refractivity contribution in [1.82, 2.24) is 0 Å². The van der Waals surface area contributed by atoms with Crippen LogP contribution in [0.4, 0.5) is 0 Å². The molecule has 0 radical (unpaired) electrons. The van der Waals surface area contributed by atoms with Gasteiger partial charge in [0.25, 0.3) is 0 Å². The Morgan fingerprint density at radius 1 is 1.19 bits per heavy atom. The number of halogens is 1. The molecule has 1 aliphatic rings. The highest BCUT2D eigenvalue weighted by atomic mass is 35.5. The first kappa shape index (κ1) is 18.1. The highest BCUT2D eigenvalue weighted by Crippen LogP contribution is 2.37. The fraction of sp³-hybridized carbons (Fsp3) is 0.250. The minimum atomic E-state index is -0.146. The lowest BCUT2D eigenvalue weighted by molar-refractivity contribution is 0.104. The number of allylic oxidation sites excluding steroid dienone is 1. The summed E-state index contributed by atoms with van der Waals surface area (Å²) in [4.78, 5) is 12.5. The summed E-state index contributed by atoms with van der Waals surface area (Å²) >= 11 is 6.23. The highest BCUT2D eigenvalue weighted by Gasteiger charge is 2.14. The van der Waals surface area contributed by atoms with Crippen molar-refractivity contribution in [2.75, 3.05) is 26.9 Å². The molecule has 0 aliphatic carbocycles. The average molecular weight is 375 g/mol. The van der Waals surface area contributed by atoms with E-state index in [9.17, 15) is 4.79 Å². The number of carbonyl (C=O) groups is 1. The van der Waals surface area contributed by atoms with E-state index < -0.39 is 0 Å². The molecule has 0 amide bonds. The van der Waals surface area contributed by atoms with Crippen molar-refractivity contribution in [1.29, 1.82) is 0 Å². The van der Waals surface area contributed by atoms with E-state index >= 15 is 0 Å². The zero-order chi connectivity index (χ0) is 18.5. The van der Waals surface area contributed by atoms with E-state index in [1.165, 1.54) is 13.2 Å². The van der Waals surface area contributed by atoms with Crippen molar-refractivity contribution in [2.45, 2.75) is 6.92 Å². The molecule has 0 N–H and O–H groups in total. The van der Waals surface area contributed by atoms with Crippen LogP contribution in [0.25, 0.3) is 6.08 Å². The van der Waals surface area contributed by atoms with Crippen LogP contribution in [0.15, 0.2) is 36.4 Å². The van der Waals surface area contributed by atoms with Crippen molar-refractivity contribution in [2.24, 2.45) is 0 Å². The van der Waals surface area contributed by atoms with Gasteiger partial charge in [0.1, 0.15) is 13.2 Å². The maximum atomic E-state index is 12.5. The van der Waals surface area contributed by atoms with E-state index in [0.717, 1.165) is 5.56 Å². The highest BCUT2D eigenvalue weighted by molar-refractivity contribution is 6.32. The molecule has 0 bridgehead atoms. The van der Waals surface area contributed by atoms with Gasteiger partial charge in [-0.2, -0.15) is 0 Å². The van der Waals surface area contributed by atoms with Crippen LogP contribution in [0.2, 0.25) is 5.02 Å². The quantitative estimate of drug-likeness (QED) is 0.553. The molecular formula is C20H19ClO5. The summed E-state index contributed by atoms with van der Waals surface area (Å²) in [6.45, 7) is 3.35. The number of fused-ring (bicyclic) bond motifs is 1. The fourth-order valence-corrected chi connectivity index (χ4v) is 2.91. The fourth-order valence-electron chi connectivity index (χ4n) is 2.61. The van der Waals surface area contributed by atoms with Gasteiger partial charge in [-0.05, 0) is 48.9 Å². The summed E-state index contributed by atoms with van der Waals surface area (Å²) in [6, 6.07) is 8.64. The van der Waals surface area contributed by atoms with Crippen LogP contribution in [0.5, 0.6) is 23.0 Å². The Morgan fingerprint density at radius 2 is 1.96 bits per heavy atom. The molecule has 0 spiro atoms. The largest absolute Gasteiger partial charge is 0.491 e. The number of ether oxygens (including phenoxy) is 4. The zero-order valence-electron chi connectivity index (χ0n) is 14.6. The number of methoxy groups -OCH3 is 1. The predicted molar refractivity (Wildman–Crippen MR) is 100.0 cm³/mol. The predicted octanol–water partition coefficient (Wildman–Crippen LogP) is 4.41. The Kier molecular flexibility index (Phi) is 5.68. The van der Waals surface area contributed by atoms with Crippen LogP contribution < -0.4 is 18.9 Å². The van der Waals surface area contributed by atoms with Gasteiger partial charge in [-0.3, -0.25) is 4.79 Å². The van der Waals surface area contributed by atoms with Crippen molar-refractivity contribution >= 4 is 23.5 Å². The number of rotatable bonds is 6. The van der Waals surface area contributed by atoms with E-state index in [2.05, 4.69) is 0 Å². The third-order valence-corrected chi connectivity index (χ3v) is 4.07. The standard InChI is InChI=1S/C20H19ClO5/c1-3-24-19-11-13(10-15(21)20(19)23-2)4-6-16(22)14-5-7-17-18(12-14)26-9-8-25-17/h4-7,10-12H,3,8-9H2,1-2H3/b6-4+. The lowest BCUT2D eigenvalue weighted by Gasteiger charge is -2.18. The SMILES string of the molecule is CCOc1cc(/C=C/C(=O)c2ccc3c(c2)OCCO3)cc(Cl)c1OC. The molecule has 0 aromatic heterocycles. The van der Waals surface area contributed by atoms with Crippen LogP contribution in [-0.4, -0.2) is 32.7 Å². The normalized spacial score (nSPS) is 12.9. The second-order valence-electron chi connectivity index (χ2n) is 5.52. The zero-order valence-corrected chi connectivity index (χ0v) is 15.3. The van der Waals surface area contributed by atoms with Crippen molar-refractivity contribution in [3.8, 4) is 23.0 Å². The monoisotopic (exact) mass is 374 g/mol. The first-order valence-electron chi connectivity index (χ1n) is 8.24. The summed E-state index contributed by atoms with van der Waals surface area (Å²) in [5.41, 5.74) is 1.26. The average Bonchev–Trinajstić information content (AvgIpc) is 2.66. The molecule has 0 fully saturated rings. The third kappa shape index (κ3) is 3.94. The van der Waals surface area contributed by atoms with Gasteiger partial charge >= 0.3 is 0 Å². The lowest BCUT2D eigenvalue weighted by atomic mass is 10.1. The molecule has 2 aromatic rings. The van der Waals surface area contributed by atoms with Crippen molar-refractivity contribution < 1.29 is 23.7 Å². The first-order valence-corrected chi connectivity index (χ1v) is 8.62. The molecule has 0 atom stereocenters. The topological polar surface area (TPSA) is 54.0 Å². The van der Waals surface area contributed by atoms with E-state index in [1.54, 1.807) is 36.4 Å². The molecule has 5 nitrogen and oxygen atoms in total. The van der Waals surface area contributed by atoms with Crippen LogP contribution >= 0.6 is 11.6 Å². The maximum Gasteiger partial charge on any atom is 0.185 e. The summed E-state index contributed by atoms with van der Waals surface area (Å²) in [6.07, 6.45) is 3.17. The first-order chi connectivity index (χ1) is 12.6. The van der Waals surface area contributed by atoms with Gasteiger partial charge in [-0.1, -0.05) is 17.7 Å². The summed E-state index contributed by atoms with van der Waals surface area (Å²) in [5.74, 6) is 2.10. The molecule has 0 saturated carbocycles. The molecule has 2 aromatic carbocycles. The molecule has 26 heavy (non-hydrogen) atoms. The summed E-state index contributed by atoms with van der Waals surface area (Å²) in [7, 11) is 1.53. The number of hydrogen-bond donors (Lipinski definition) is 0. The van der Waals surface area contributed by atoms with Crippen molar-refractivity contribution in [3.05, 3.63) is 52.6 Å². The van der Waals surface area contributed by atoms with Gasteiger partial charge in [0.15, 0.2) is 28.8 Å². The Morgan fingerprint density at radius 3 is 2.69 bits per heavy atom. The molecular weight excluding hydrogens is 356 g/mol. The number of benzene rings is 2. The molecule has 0 unspecified atom stereocenters. The van der Waals surface area contributed by atoms with Gasteiger partial charge in [0, 0.05) is 5.56 Å². The van der Waals surface area contributed by atoms with E-state index in [-0.39, 0.29) is 5.78 Å². The number of carbonyl (C=O) groups excluding carboxylic acids is 1. The number of hydrogen-bond acceptors (Lipinski definition) is 5. The van der Waals surface area contributed by atoms with E-state index in [0.29, 0.717) is 53.4 Å². The number of ketones is 1. The van der Waals surface area contributed by atoms with E-state index in [1.807, 2.05) is 6.92 Å². The summed E-state index contributed by atoms with van der Waals surface area (Å²) < 4.78 is 21.8. The Bertz CT molecular complexity index is 844. The van der Waals surface area contributed by atoms with Crippen molar-refractivity contribution in [3.63, 3.8) is 0 Å². The van der Waals surface area contributed by atoms with Crippen LogP contribution in [0, 0.1) is 0 Å². The third-order valence-electron chi connectivity index (χ3n) is 3.79. The van der Waals surface area contributed by atoms with Gasteiger partial charge in [0.2, 0.25) is 0 Å². The minimum absolute atomic E-state index is 0.146. The molecule has 1 heterocycles. The van der Waals surface area contributed by atoms with Gasteiger partial charge in [0.05, 0.1) is 18.7 Å². The molecule has 6 heteroatoms. The Labute approximate surface area is 157 Å². The second-order valence-corrected chi connectivity index (χ2v) is 5.93. The molecule has 3 rings (SSSR count). The molecule has 136 valence electrons. The lowest BCUT2D eigenvalue weighted by Crippen LogP contribution is -2.15. The van der Waals surface area contributed by atoms with Crippen LogP contribution in [-0.2, 0) is 0 Å². The Balaban J connectivity index is 1.82. The van der Waals surface area contributed by atoms with Gasteiger partial charge < -0.3 is 18.9 Å². The summed E-state index contributed by atoms with van der Waals surface area (Å²) in [5, 5.41) is 0.421. The maximum absolute atomic E-state index is 12.5. The van der Waals surface area contributed by atoms with Gasteiger partial charge in [-0.15, -0.1) is 0 Å². The van der Waals surface area contributed by atoms with E-state index in [4.69, 9.17) is 30.5 Å². The van der Waals surface area contributed by atoms with Gasteiger partial charge in [-0.25, -0.2) is 0 Å². The second kappa shape index (κ2) is 8.15. The Hall–Kier alpha value is -2.66. The smallest absolute Gasteiger partial charge is 0.185 e. The van der Waals surface area contributed by atoms with Crippen LogP contribution in [0.1, 0.15) is 22.8 Å². The van der Waals surface area contributed by atoms with Crippen LogP contribution in [0.3, 0.4) is 0 Å².